The van der Waals surface area contributed by atoms with E-state index in [2.05, 4.69) is 11.9 Å². The maximum Gasteiger partial charge on any atom is 0.255 e. The van der Waals surface area contributed by atoms with Gasteiger partial charge in [0.15, 0.2) is 0 Å². The lowest BCUT2D eigenvalue weighted by atomic mass is 9.91. The second kappa shape index (κ2) is 10.5. The first-order valence-electron chi connectivity index (χ1n) is 8.84. The molecule has 1 saturated carbocycles. The van der Waals surface area contributed by atoms with Crippen LogP contribution in [0, 0.1) is 12.8 Å². The number of H-pyrrole nitrogens is 1. The van der Waals surface area contributed by atoms with Crippen LogP contribution in [0.5, 0.6) is 0 Å². The van der Waals surface area contributed by atoms with Crippen molar-refractivity contribution in [3.63, 3.8) is 0 Å². The lowest BCUT2D eigenvalue weighted by Gasteiger charge is -2.15. The van der Waals surface area contributed by atoms with Gasteiger partial charge in [-0.15, -0.1) is 0 Å². The van der Waals surface area contributed by atoms with Gasteiger partial charge in [-0.1, -0.05) is 64.5 Å². The molecule has 4 heteroatoms. The fourth-order valence-electron chi connectivity index (χ4n) is 2.63. The molecule has 1 aromatic heterocycles. The second-order valence-electron chi connectivity index (χ2n) is 6.98. The van der Waals surface area contributed by atoms with Crippen molar-refractivity contribution in [1.29, 1.82) is 0 Å². The molecule has 1 aliphatic carbocycles. The molecule has 1 aliphatic rings. The third kappa shape index (κ3) is 7.50. The van der Waals surface area contributed by atoms with Crippen LogP contribution in [-0.4, -0.2) is 11.0 Å². The van der Waals surface area contributed by atoms with Crippen molar-refractivity contribution in [2.24, 2.45) is 11.7 Å². The molecule has 24 heavy (non-hydrogen) atoms. The maximum atomic E-state index is 11.3. The predicted octanol–water partition coefficient (Wildman–Crippen LogP) is 5.43. The summed E-state index contributed by atoms with van der Waals surface area (Å²) in [5.74, 6) is 1.04. The van der Waals surface area contributed by atoms with Gasteiger partial charge in [0.05, 0.1) is 0 Å². The SMILES string of the molecule is CC(C)N.CC1CCCCC1.Cc1cc2cc[nH]c(=O)c2cc1Cl. The number of rotatable bonds is 0. The summed E-state index contributed by atoms with van der Waals surface area (Å²) in [4.78, 5) is 13.9. The standard InChI is InChI=1S/C10H8ClNO.C7H14.C3H9N/c1-6-4-7-2-3-12-10(13)8(7)5-9(6)11;1-7-5-3-2-4-6-7;1-3(2)4/h2-5H,1H3,(H,12,13);7H,2-6H2,1H3;3H,4H2,1-2H3. The zero-order chi connectivity index (χ0) is 18.1. The Morgan fingerprint density at radius 2 is 1.79 bits per heavy atom. The highest BCUT2D eigenvalue weighted by molar-refractivity contribution is 6.32. The molecule has 0 unspecified atom stereocenters. The molecule has 0 atom stereocenters. The van der Waals surface area contributed by atoms with Crippen LogP contribution in [0.4, 0.5) is 0 Å². The molecule has 0 spiro atoms. The number of nitrogens with two attached hydrogens (primary N) is 1. The van der Waals surface area contributed by atoms with Crippen LogP contribution >= 0.6 is 11.6 Å². The van der Waals surface area contributed by atoms with Crippen LogP contribution in [0.2, 0.25) is 5.02 Å². The minimum Gasteiger partial charge on any atom is -0.329 e. The zero-order valence-corrected chi connectivity index (χ0v) is 16.1. The van der Waals surface area contributed by atoms with Gasteiger partial charge in [0, 0.05) is 16.6 Å². The molecule has 0 radical (unpaired) electrons. The van der Waals surface area contributed by atoms with E-state index in [9.17, 15) is 4.79 Å². The van der Waals surface area contributed by atoms with Gasteiger partial charge in [0.2, 0.25) is 0 Å². The highest BCUT2D eigenvalue weighted by atomic mass is 35.5. The lowest BCUT2D eigenvalue weighted by Crippen LogP contribution is -2.06. The number of benzene rings is 1. The van der Waals surface area contributed by atoms with Gasteiger partial charge >= 0.3 is 0 Å². The number of aromatic nitrogens is 1. The maximum absolute atomic E-state index is 11.3. The molecule has 1 heterocycles. The summed E-state index contributed by atoms with van der Waals surface area (Å²) in [6, 6.07) is 5.80. The Balaban J connectivity index is 0.000000220. The minimum atomic E-state index is -0.0978. The van der Waals surface area contributed by atoms with Crippen LogP contribution in [0.1, 0.15) is 58.4 Å². The monoisotopic (exact) mass is 350 g/mol. The minimum absolute atomic E-state index is 0.0978. The zero-order valence-electron chi connectivity index (χ0n) is 15.4. The molecule has 1 aromatic carbocycles. The summed E-state index contributed by atoms with van der Waals surface area (Å²) in [6.07, 6.45) is 9.07. The molecule has 0 amide bonds. The number of pyridine rings is 1. The van der Waals surface area contributed by atoms with Crippen molar-refractivity contribution in [1.82, 2.24) is 4.98 Å². The third-order valence-electron chi connectivity index (χ3n) is 3.95. The summed E-state index contributed by atoms with van der Waals surface area (Å²) in [5.41, 5.74) is 6.00. The summed E-state index contributed by atoms with van der Waals surface area (Å²) in [6.45, 7) is 8.17. The van der Waals surface area contributed by atoms with E-state index in [1.807, 2.05) is 32.9 Å². The van der Waals surface area contributed by atoms with E-state index in [4.69, 9.17) is 17.3 Å². The average Bonchev–Trinajstić information content (AvgIpc) is 2.50. The Morgan fingerprint density at radius 3 is 2.29 bits per heavy atom. The molecule has 1 fully saturated rings. The van der Waals surface area contributed by atoms with Gasteiger partial charge in [-0.25, -0.2) is 0 Å². The first kappa shape index (κ1) is 20.7. The Hall–Kier alpha value is -1.32. The van der Waals surface area contributed by atoms with E-state index in [-0.39, 0.29) is 5.56 Å². The number of aromatic amines is 1. The van der Waals surface area contributed by atoms with E-state index in [1.54, 1.807) is 12.3 Å². The highest BCUT2D eigenvalue weighted by Gasteiger charge is 2.06. The second-order valence-corrected chi connectivity index (χ2v) is 7.39. The van der Waals surface area contributed by atoms with Gasteiger partial charge in [0.25, 0.3) is 5.56 Å². The van der Waals surface area contributed by atoms with E-state index in [1.165, 1.54) is 32.1 Å². The molecule has 0 aliphatic heterocycles. The molecular formula is C20H31ClN2O. The van der Waals surface area contributed by atoms with Crippen molar-refractivity contribution < 1.29 is 0 Å². The van der Waals surface area contributed by atoms with E-state index in [0.717, 1.165) is 16.9 Å². The molecule has 0 bridgehead atoms. The molecule has 3 rings (SSSR count). The number of nitrogens with one attached hydrogen (secondary N) is 1. The van der Waals surface area contributed by atoms with Crippen LogP contribution in [0.25, 0.3) is 10.8 Å². The first-order valence-corrected chi connectivity index (χ1v) is 9.22. The van der Waals surface area contributed by atoms with Gasteiger partial charge in [0.1, 0.15) is 0 Å². The van der Waals surface area contributed by atoms with Crippen LogP contribution in [0.3, 0.4) is 0 Å². The fraction of sp³-hybridized carbons (Fsp3) is 0.550. The summed E-state index contributed by atoms with van der Waals surface area (Å²) >= 11 is 5.91. The van der Waals surface area contributed by atoms with E-state index >= 15 is 0 Å². The topological polar surface area (TPSA) is 58.9 Å². The number of halogens is 1. The van der Waals surface area contributed by atoms with Crippen LogP contribution in [0.15, 0.2) is 29.2 Å². The van der Waals surface area contributed by atoms with Gasteiger partial charge < -0.3 is 10.7 Å². The Labute approximate surface area is 150 Å². The Bertz CT molecular complexity index is 670. The van der Waals surface area contributed by atoms with Crippen molar-refractivity contribution >= 4 is 22.4 Å². The molecule has 0 saturated heterocycles. The largest absolute Gasteiger partial charge is 0.329 e. The van der Waals surface area contributed by atoms with Gasteiger partial charge in [-0.3, -0.25) is 4.79 Å². The first-order chi connectivity index (χ1) is 11.3. The van der Waals surface area contributed by atoms with Crippen LogP contribution in [-0.2, 0) is 0 Å². The van der Waals surface area contributed by atoms with Gasteiger partial charge in [-0.2, -0.15) is 0 Å². The summed E-state index contributed by atoms with van der Waals surface area (Å²) < 4.78 is 0. The third-order valence-corrected chi connectivity index (χ3v) is 4.35. The normalized spacial score (nSPS) is 14.6. The summed E-state index contributed by atoms with van der Waals surface area (Å²) in [5, 5.41) is 2.19. The molecule has 134 valence electrons. The van der Waals surface area contributed by atoms with Gasteiger partial charge in [-0.05, 0) is 48.0 Å². The van der Waals surface area contributed by atoms with Crippen molar-refractivity contribution in [3.8, 4) is 0 Å². The molecule has 2 aromatic rings. The smallest absolute Gasteiger partial charge is 0.255 e. The number of hydrogen-bond donors (Lipinski definition) is 2. The van der Waals surface area contributed by atoms with E-state index < -0.39 is 0 Å². The van der Waals surface area contributed by atoms with Crippen LogP contribution < -0.4 is 11.3 Å². The highest BCUT2D eigenvalue weighted by Crippen LogP contribution is 2.22. The predicted molar refractivity (Wildman–Crippen MR) is 106 cm³/mol. The van der Waals surface area contributed by atoms with Crippen molar-refractivity contribution in [3.05, 3.63) is 45.3 Å². The number of fused-ring (bicyclic) bond motifs is 1. The van der Waals surface area contributed by atoms with Crippen molar-refractivity contribution in [2.75, 3.05) is 0 Å². The molecular weight excluding hydrogens is 320 g/mol. The fourth-order valence-corrected chi connectivity index (χ4v) is 2.79. The van der Waals surface area contributed by atoms with Crippen molar-refractivity contribution in [2.45, 2.75) is 65.8 Å². The molecule has 3 N–H and O–H groups in total. The molecule has 3 nitrogen and oxygen atoms in total. The number of hydrogen-bond acceptors (Lipinski definition) is 2. The Kier molecular flexibility index (Phi) is 9.09. The number of aryl methyl sites for hydroxylation is 1. The Morgan fingerprint density at radius 1 is 1.21 bits per heavy atom. The summed E-state index contributed by atoms with van der Waals surface area (Å²) in [7, 11) is 0. The van der Waals surface area contributed by atoms with E-state index in [0.29, 0.717) is 16.5 Å². The lowest BCUT2D eigenvalue weighted by molar-refractivity contribution is 0.385. The quantitative estimate of drug-likeness (QED) is 0.665. The average molecular weight is 351 g/mol.